The fraction of sp³-hybridized carbons (Fsp3) is 0. The first-order chi connectivity index (χ1) is 3.66. The monoisotopic (exact) mass is 118 g/mol. The maximum Gasteiger partial charge on any atom is 0.753 e. The summed E-state index contributed by atoms with van der Waals surface area (Å²) in [7, 11) is 0. The summed E-state index contributed by atoms with van der Waals surface area (Å²) in [6.07, 6.45) is -1.64. The molecule has 0 saturated carbocycles. The molecule has 0 N–H and O–H groups in total. The first kappa shape index (κ1) is 6.29. The van der Waals surface area contributed by atoms with E-state index in [1.807, 2.05) is 4.98 Å². The molecule has 0 aliphatic carbocycles. The average Bonchev–Trinajstić information content (AvgIpc) is 1.65. The Hall–Kier alpha value is -1.71. The van der Waals surface area contributed by atoms with Crippen LogP contribution in [0.5, 0.6) is 0 Å². The molecule has 0 aliphatic heterocycles. The third-order valence-corrected chi connectivity index (χ3v) is 0.234. The predicted octanol–water partition coefficient (Wildman–Crippen LogP) is 0.168. The van der Waals surface area contributed by atoms with E-state index >= 15 is 0 Å². The Bertz CT molecular complexity index is 155. The van der Waals surface area contributed by atoms with Gasteiger partial charge in [-0.2, -0.15) is 4.79 Å². The smallest absolute Gasteiger partial charge is 0.172 e. The molecule has 0 unspecified atom stereocenters. The molecule has 42 valence electrons. The minimum Gasteiger partial charge on any atom is -0.172 e. The summed E-state index contributed by atoms with van der Waals surface area (Å²) < 4.78 is 0. The topological polar surface area (TPSA) is 97.6 Å². The van der Waals surface area contributed by atoms with E-state index in [1.165, 1.54) is 0 Å². The lowest BCUT2D eigenvalue weighted by atomic mass is 11.3. The fourth-order valence-corrected chi connectivity index (χ4v) is 0.0820. The quantitative estimate of drug-likeness (QED) is 0.277. The van der Waals surface area contributed by atoms with Gasteiger partial charge in [0.25, 0.3) is 0 Å². The molecule has 0 aromatic carbocycles. The van der Waals surface area contributed by atoms with Crippen molar-refractivity contribution in [1.82, 2.24) is 0 Å². The first-order valence-corrected chi connectivity index (χ1v) is 1.38. The van der Waals surface area contributed by atoms with E-state index in [4.69, 9.17) is 15.5 Å². The molecule has 0 rings (SSSR count). The van der Waals surface area contributed by atoms with Crippen LogP contribution in [-0.2, 0) is 4.84 Å². The standard InChI is InChI=1S/CN3O4/c2-3-1(5)8-4(6)7/q+1. The number of hydrogen-bond donors (Lipinski definition) is 0. The summed E-state index contributed by atoms with van der Waals surface area (Å²) in [5.41, 5.74) is 0. The number of amides is 1. The Balaban J connectivity index is 3.61. The molecule has 0 fully saturated rings. The molecule has 0 aliphatic rings. The molecule has 1 amide bonds. The molecular formula is CN3O4+. The molecule has 0 saturated heterocycles. The highest BCUT2D eigenvalue weighted by Gasteiger charge is 2.19. The van der Waals surface area contributed by atoms with Crippen molar-refractivity contribution in [2.45, 2.75) is 0 Å². The van der Waals surface area contributed by atoms with E-state index in [1.54, 1.807) is 0 Å². The third kappa shape index (κ3) is 2.52. The van der Waals surface area contributed by atoms with Crippen molar-refractivity contribution >= 4 is 6.09 Å². The van der Waals surface area contributed by atoms with E-state index in [-0.39, 0.29) is 0 Å². The second-order valence-electron chi connectivity index (χ2n) is 0.681. The largest absolute Gasteiger partial charge is 0.753 e. The van der Waals surface area contributed by atoms with Crippen molar-refractivity contribution in [2.75, 3.05) is 0 Å². The normalized spacial score (nSPS) is 6.88. The Morgan fingerprint density at radius 3 is 2.50 bits per heavy atom. The molecule has 0 spiro atoms. The lowest BCUT2D eigenvalue weighted by Crippen LogP contribution is -2.03. The fourth-order valence-electron chi connectivity index (χ4n) is 0.0820. The minimum atomic E-state index is -1.64. The molecule has 0 radical (unpaired) electrons. The number of rotatable bonds is 1. The van der Waals surface area contributed by atoms with Crippen molar-refractivity contribution in [3.8, 4) is 0 Å². The predicted molar refractivity (Wildman–Crippen MR) is 18.6 cm³/mol. The van der Waals surface area contributed by atoms with Crippen molar-refractivity contribution in [2.24, 2.45) is 0 Å². The zero-order valence-corrected chi connectivity index (χ0v) is 3.47. The zero-order valence-electron chi connectivity index (χ0n) is 3.47. The van der Waals surface area contributed by atoms with Gasteiger partial charge in [-0.3, -0.25) is 0 Å². The van der Waals surface area contributed by atoms with Crippen molar-refractivity contribution < 1.29 is 14.7 Å². The van der Waals surface area contributed by atoms with Crippen LogP contribution >= 0.6 is 0 Å². The number of carbonyl (C=O) groups excluding carboxylic acids is 1. The highest BCUT2D eigenvalue weighted by atomic mass is 17.0. The summed E-state index contributed by atoms with van der Waals surface area (Å²) in [4.78, 5) is 23.6. The van der Waals surface area contributed by atoms with E-state index in [0.717, 1.165) is 0 Å². The lowest BCUT2D eigenvalue weighted by molar-refractivity contribution is -0.726. The van der Waals surface area contributed by atoms with Gasteiger partial charge in [0, 0.05) is 0 Å². The van der Waals surface area contributed by atoms with Gasteiger partial charge in [0.1, 0.15) is 0 Å². The number of diazo groups is 1. The summed E-state index contributed by atoms with van der Waals surface area (Å²) in [6, 6.07) is 0. The molecule has 0 bridgehead atoms. The maximum absolute atomic E-state index is 9.54. The SMILES string of the molecule is N#[N+]C(=O)O[N+](=O)[O-]. The van der Waals surface area contributed by atoms with Crippen LogP contribution in [-0.4, -0.2) is 11.2 Å². The van der Waals surface area contributed by atoms with Gasteiger partial charge in [-0.05, 0) is 0 Å². The molecule has 0 atom stereocenters. The van der Waals surface area contributed by atoms with Crippen molar-refractivity contribution in [3.05, 3.63) is 15.1 Å². The van der Waals surface area contributed by atoms with Crippen LogP contribution in [0.1, 0.15) is 0 Å². The van der Waals surface area contributed by atoms with Crippen molar-refractivity contribution in [3.63, 3.8) is 0 Å². The number of nitrogens with zero attached hydrogens (tertiary/aromatic N) is 3. The number of carbonyl (C=O) groups is 1. The highest BCUT2D eigenvalue weighted by Crippen LogP contribution is 1.80. The lowest BCUT2D eigenvalue weighted by Gasteiger charge is -1.71. The van der Waals surface area contributed by atoms with Gasteiger partial charge in [-0.1, -0.05) is 0 Å². The van der Waals surface area contributed by atoms with Gasteiger partial charge in [0.15, 0.2) is 0 Å². The van der Waals surface area contributed by atoms with E-state index in [2.05, 4.69) is 4.84 Å². The van der Waals surface area contributed by atoms with E-state index in [9.17, 15) is 4.79 Å². The van der Waals surface area contributed by atoms with Gasteiger partial charge in [0.05, 0.1) is 0 Å². The number of hydrogen-bond acceptors (Lipinski definition) is 5. The Morgan fingerprint density at radius 1 is 1.88 bits per heavy atom. The minimum absolute atomic E-state index is 1.37. The van der Waals surface area contributed by atoms with E-state index < -0.39 is 11.2 Å². The Morgan fingerprint density at radius 2 is 2.38 bits per heavy atom. The molecule has 7 heteroatoms. The van der Waals surface area contributed by atoms with Crippen LogP contribution in [0, 0.1) is 15.5 Å². The van der Waals surface area contributed by atoms with Gasteiger partial charge < -0.3 is 0 Å². The van der Waals surface area contributed by atoms with Crippen LogP contribution in [0.2, 0.25) is 0 Å². The van der Waals surface area contributed by atoms with Crippen LogP contribution in [0.4, 0.5) is 4.79 Å². The molecular weight excluding hydrogens is 118 g/mol. The first-order valence-electron chi connectivity index (χ1n) is 1.38. The van der Waals surface area contributed by atoms with Gasteiger partial charge in [-0.25, -0.2) is 0 Å². The zero-order chi connectivity index (χ0) is 6.57. The maximum atomic E-state index is 9.54. The van der Waals surface area contributed by atoms with E-state index in [0.29, 0.717) is 0 Å². The van der Waals surface area contributed by atoms with Gasteiger partial charge >= 0.3 is 11.2 Å². The van der Waals surface area contributed by atoms with Crippen LogP contribution < -0.4 is 0 Å². The van der Waals surface area contributed by atoms with Crippen LogP contribution in [0.25, 0.3) is 4.98 Å². The molecule has 7 nitrogen and oxygen atoms in total. The second kappa shape index (κ2) is 2.46. The summed E-state index contributed by atoms with van der Waals surface area (Å²) in [5.74, 6) is 0. The molecule has 0 heterocycles. The molecule has 0 aromatic rings. The molecule has 8 heavy (non-hydrogen) atoms. The average molecular weight is 118 g/mol. The Labute approximate surface area is 42.6 Å². The van der Waals surface area contributed by atoms with Gasteiger partial charge in [0.2, 0.25) is 10.4 Å². The summed E-state index contributed by atoms with van der Waals surface area (Å²) in [5, 5.41) is 15.2. The molecule has 0 aromatic heterocycles. The second-order valence-corrected chi connectivity index (χ2v) is 0.681. The third-order valence-electron chi connectivity index (χ3n) is 0.234. The summed E-state index contributed by atoms with van der Waals surface area (Å²) >= 11 is 0. The van der Waals surface area contributed by atoms with Crippen LogP contribution in [0.15, 0.2) is 0 Å². The van der Waals surface area contributed by atoms with Crippen LogP contribution in [0.3, 0.4) is 0 Å². The summed E-state index contributed by atoms with van der Waals surface area (Å²) in [6.45, 7) is 0. The van der Waals surface area contributed by atoms with Crippen molar-refractivity contribution in [1.29, 1.82) is 5.39 Å². The van der Waals surface area contributed by atoms with Gasteiger partial charge in [-0.15, -0.1) is 15.0 Å². The highest BCUT2D eigenvalue weighted by molar-refractivity contribution is 5.76. The Kier molecular flexibility index (Phi) is 1.93.